The highest BCUT2D eigenvalue weighted by Crippen LogP contribution is 2.55. The highest BCUT2D eigenvalue weighted by Gasteiger charge is 2.33. The van der Waals surface area contributed by atoms with Gasteiger partial charge in [0.05, 0.1) is 62.6 Å². The Hall–Kier alpha value is -7.36. The Morgan fingerprint density at radius 3 is 1.39 bits per heavy atom. The summed E-state index contributed by atoms with van der Waals surface area (Å²) in [5.41, 5.74) is 4.42. The fourth-order valence-corrected chi connectivity index (χ4v) is 8.19. The number of nitrogens with zero attached hydrogens (tertiary/aromatic N) is 7. The van der Waals surface area contributed by atoms with Gasteiger partial charge in [0, 0.05) is 27.5 Å². The smallest absolute Gasteiger partial charge is 0.208 e. The first-order valence-electron chi connectivity index (χ1n) is 21.9. The zero-order valence-corrected chi connectivity index (χ0v) is 37.2. The van der Waals surface area contributed by atoms with E-state index in [-0.39, 0.29) is 5.82 Å². The minimum Gasteiger partial charge on any atom is -0.490 e. The molecule has 0 saturated carbocycles. The molecular weight excluding hydrogens is 817 g/mol. The lowest BCUT2D eigenvalue weighted by atomic mass is 10.1. The van der Waals surface area contributed by atoms with Crippen LogP contribution < -0.4 is 38.0 Å². The van der Waals surface area contributed by atoms with Crippen molar-refractivity contribution in [1.29, 1.82) is 0 Å². The van der Waals surface area contributed by atoms with Crippen molar-refractivity contribution in [2.24, 2.45) is 0 Å². The van der Waals surface area contributed by atoms with E-state index in [1.807, 2.05) is 110 Å². The molecule has 16 nitrogen and oxygen atoms in total. The van der Waals surface area contributed by atoms with Crippen molar-refractivity contribution in [3.63, 3.8) is 0 Å². The van der Waals surface area contributed by atoms with E-state index in [0.717, 1.165) is 21.9 Å². The van der Waals surface area contributed by atoms with E-state index in [1.165, 1.54) is 0 Å². The van der Waals surface area contributed by atoms with Crippen molar-refractivity contribution < 1.29 is 38.0 Å². The summed E-state index contributed by atoms with van der Waals surface area (Å²) in [6, 6.07) is 17.6. The van der Waals surface area contributed by atoms with Gasteiger partial charge in [0.25, 0.3) is 0 Å². The number of aromatic nitrogens is 8. The van der Waals surface area contributed by atoms with Crippen LogP contribution in [0.15, 0.2) is 54.6 Å². The molecule has 0 aliphatic carbocycles. The van der Waals surface area contributed by atoms with Crippen LogP contribution in [-0.4, -0.2) is 92.5 Å². The molecule has 0 spiro atoms. The second-order valence-electron chi connectivity index (χ2n) is 14.3. The predicted molar refractivity (Wildman–Crippen MR) is 245 cm³/mol. The van der Waals surface area contributed by atoms with Gasteiger partial charge in [-0.3, -0.25) is 0 Å². The van der Waals surface area contributed by atoms with Crippen LogP contribution in [-0.2, 0) is 0 Å². The van der Waals surface area contributed by atoms with Crippen LogP contribution in [0.3, 0.4) is 0 Å². The zero-order valence-electron chi connectivity index (χ0n) is 37.2. The van der Waals surface area contributed by atoms with Crippen molar-refractivity contribution in [2.75, 3.05) is 52.9 Å². The summed E-state index contributed by atoms with van der Waals surface area (Å²) >= 11 is 0. The summed E-state index contributed by atoms with van der Waals surface area (Å²) in [5, 5.41) is 2.66. The average Bonchev–Trinajstić information content (AvgIpc) is 4.02. The van der Waals surface area contributed by atoms with Gasteiger partial charge in [-0.05, 0) is 61.5 Å². The number of nitrogens with one attached hydrogen (secondary N) is 1. The Morgan fingerprint density at radius 2 is 0.859 bits per heavy atom. The van der Waals surface area contributed by atoms with E-state index in [1.54, 1.807) is 4.73 Å². The van der Waals surface area contributed by atoms with Crippen molar-refractivity contribution in [2.45, 2.75) is 55.4 Å². The molecular formula is C48H50N8O8. The van der Waals surface area contributed by atoms with Gasteiger partial charge in [-0.25, -0.2) is 29.9 Å². The topological polar surface area (TPSA) is 172 Å². The molecule has 64 heavy (non-hydrogen) atoms. The molecule has 8 bridgehead atoms. The third-order valence-corrected chi connectivity index (χ3v) is 10.5. The van der Waals surface area contributed by atoms with E-state index in [0.29, 0.717) is 155 Å². The Bertz CT molecular complexity index is 3090. The largest absolute Gasteiger partial charge is 0.490 e. The lowest BCUT2D eigenvalue weighted by Gasteiger charge is -2.20. The van der Waals surface area contributed by atoms with Crippen molar-refractivity contribution >= 4 is 44.1 Å². The van der Waals surface area contributed by atoms with Crippen LogP contribution >= 0.6 is 0 Å². The first-order valence-corrected chi connectivity index (χ1v) is 21.9. The van der Waals surface area contributed by atoms with E-state index in [9.17, 15) is 0 Å². The molecule has 0 fully saturated rings. The average molecular weight is 867 g/mol. The van der Waals surface area contributed by atoms with Crippen LogP contribution in [0.1, 0.15) is 55.4 Å². The first kappa shape index (κ1) is 42.0. The molecule has 0 amide bonds. The van der Waals surface area contributed by atoms with Crippen LogP contribution in [0.5, 0.6) is 40.2 Å². The van der Waals surface area contributed by atoms with Gasteiger partial charge in [-0.15, -0.1) is 4.73 Å². The molecule has 2 aliphatic heterocycles. The number of hydrogen-bond acceptors (Lipinski definition) is 14. The second kappa shape index (κ2) is 17.8. The maximum absolute atomic E-state index is 6.52. The van der Waals surface area contributed by atoms with E-state index >= 15 is 0 Å². The minimum atomic E-state index is 0.276. The van der Waals surface area contributed by atoms with Crippen molar-refractivity contribution in [1.82, 2.24) is 39.6 Å². The summed E-state index contributed by atoms with van der Waals surface area (Å²) in [7, 11) is 0. The highest BCUT2D eigenvalue weighted by molar-refractivity contribution is 6.14. The summed E-state index contributed by atoms with van der Waals surface area (Å²) < 4.78 is 46.4. The van der Waals surface area contributed by atoms with E-state index < -0.39 is 0 Å². The van der Waals surface area contributed by atoms with Crippen LogP contribution in [0.4, 0.5) is 0 Å². The molecule has 0 atom stereocenters. The van der Waals surface area contributed by atoms with Gasteiger partial charge in [-0.2, -0.15) is 0 Å². The summed E-state index contributed by atoms with van der Waals surface area (Å²) in [6.45, 7) is 17.9. The molecule has 4 aromatic carbocycles. The molecule has 7 aromatic rings. The lowest BCUT2D eigenvalue weighted by molar-refractivity contribution is 0.139. The minimum absolute atomic E-state index is 0.276. The third-order valence-electron chi connectivity index (χ3n) is 10.5. The normalized spacial score (nSPS) is 11.6. The van der Waals surface area contributed by atoms with Gasteiger partial charge < -0.3 is 43.0 Å². The fraction of sp³-hybridized carbons (Fsp3) is 0.333. The highest BCUT2D eigenvalue weighted by atomic mass is 16.7. The summed E-state index contributed by atoms with van der Waals surface area (Å²) in [5.74, 6) is 4.32. The summed E-state index contributed by atoms with van der Waals surface area (Å²) in [4.78, 5) is 41.5. The van der Waals surface area contributed by atoms with Gasteiger partial charge in [0.15, 0.2) is 57.6 Å². The van der Waals surface area contributed by atoms with Crippen LogP contribution in [0.2, 0.25) is 0 Å². The molecule has 9 rings (SSSR count). The SMILES string of the molecule is CCOc1cc2c(c(OCC)c1OCC)-c1nc-2nc2c3ccccc3c(nc3nc(nc4[nH]c(n1)c1c(OCC)c(OCC)c(OCC)c(OCC)c41)-c1ccccc1-3)n2OCC. The number of H-pyrrole nitrogens is 1. The molecule has 1 N–H and O–H groups in total. The van der Waals surface area contributed by atoms with Gasteiger partial charge >= 0.3 is 0 Å². The Morgan fingerprint density at radius 1 is 0.422 bits per heavy atom. The maximum atomic E-state index is 6.52. The Labute approximate surface area is 369 Å². The Balaban J connectivity index is 1.58. The number of hydrogen-bond donors (Lipinski definition) is 1. The van der Waals surface area contributed by atoms with Crippen LogP contribution in [0, 0.1) is 0 Å². The molecule has 0 radical (unpaired) electrons. The lowest BCUT2D eigenvalue weighted by Crippen LogP contribution is -2.11. The van der Waals surface area contributed by atoms with Gasteiger partial charge in [-0.1, -0.05) is 48.5 Å². The predicted octanol–water partition coefficient (Wildman–Crippen LogP) is 9.58. The number of ether oxygens (including phenoxy) is 7. The standard InChI is InChI=1S/C48H50N8O8/c1-9-57-31-25-30-32(36(59-11-3)35(31)58-10-2)44-51-43(30)55-48-29-24-20-19-23-28(29)47(56(48)64-16-8)54-42-27-22-18-17-21-26(27)41(49-42)50-45-33-34(46(52-44)53-45)38(61-13-5)40(63-15-7)39(62-14-6)37(33)60-12-4/h17-25H,9-16H2,1-8H3,(H,49,50,51,52,53,54,55). The number of aromatic amines is 1. The second-order valence-corrected chi connectivity index (χ2v) is 14.3. The zero-order chi connectivity index (χ0) is 44.5. The van der Waals surface area contributed by atoms with Gasteiger partial charge in [0.1, 0.15) is 17.9 Å². The molecule has 330 valence electrons. The number of fused-ring (bicyclic) bond motifs is 20. The van der Waals surface area contributed by atoms with Crippen molar-refractivity contribution in [3.8, 4) is 85.8 Å². The molecule has 0 saturated heterocycles. The molecule has 2 aliphatic rings. The fourth-order valence-electron chi connectivity index (χ4n) is 8.19. The Kier molecular flexibility index (Phi) is 11.7. The molecule has 0 unspecified atom stereocenters. The maximum Gasteiger partial charge on any atom is 0.208 e. The van der Waals surface area contributed by atoms with Crippen LogP contribution in [0.25, 0.3) is 89.7 Å². The molecule has 5 heterocycles. The number of rotatable bonds is 16. The molecule has 3 aromatic heterocycles. The first-order chi connectivity index (χ1) is 31.4. The summed E-state index contributed by atoms with van der Waals surface area (Å²) in [6.07, 6.45) is 0. The monoisotopic (exact) mass is 866 g/mol. The number of benzene rings is 4. The quantitative estimate of drug-likeness (QED) is 0.0973. The van der Waals surface area contributed by atoms with Gasteiger partial charge in [0.2, 0.25) is 17.2 Å². The van der Waals surface area contributed by atoms with Crippen molar-refractivity contribution in [3.05, 3.63) is 54.6 Å². The van der Waals surface area contributed by atoms with E-state index in [4.69, 9.17) is 67.9 Å². The molecule has 16 heteroatoms. The van der Waals surface area contributed by atoms with E-state index in [2.05, 4.69) is 4.98 Å². The third kappa shape index (κ3) is 6.93.